The van der Waals surface area contributed by atoms with E-state index in [1.54, 1.807) is 26.0 Å². The maximum absolute atomic E-state index is 13.6. The van der Waals surface area contributed by atoms with E-state index in [1.165, 1.54) is 25.0 Å². The minimum absolute atomic E-state index is 0.290. The van der Waals surface area contributed by atoms with E-state index in [9.17, 15) is 22.8 Å². The predicted molar refractivity (Wildman–Crippen MR) is 117 cm³/mol. The Balaban J connectivity index is 1.56. The molecule has 0 spiro atoms. The molecule has 0 bridgehead atoms. The molecule has 2 N–H and O–H groups in total. The number of hydrogen-bond donors (Lipinski definition) is 2. The van der Waals surface area contributed by atoms with Crippen LogP contribution in [-0.4, -0.2) is 23.6 Å². The summed E-state index contributed by atoms with van der Waals surface area (Å²) in [6, 6.07) is 6.87. The van der Waals surface area contributed by atoms with Crippen molar-refractivity contribution >= 4 is 17.6 Å². The number of carboxylic acids is 1. The first-order valence-corrected chi connectivity index (χ1v) is 11.0. The molecule has 0 aliphatic heterocycles. The number of anilines is 1. The van der Waals surface area contributed by atoms with Crippen LogP contribution in [-0.2, 0) is 11.0 Å². The van der Waals surface area contributed by atoms with Crippen molar-refractivity contribution < 1.29 is 32.6 Å². The fraction of sp³-hybridized carbons (Fsp3) is 0.440. The summed E-state index contributed by atoms with van der Waals surface area (Å²) in [5.41, 5.74) is 0.627. The van der Waals surface area contributed by atoms with E-state index in [0.29, 0.717) is 35.5 Å². The van der Waals surface area contributed by atoms with E-state index in [1.807, 2.05) is 0 Å². The first-order valence-electron chi connectivity index (χ1n) is 11.0. The molecule has 2 aromatic carbocycles. The van der Waals surface area contributed by atoms with Crippen molar-refractivity contribution in [1.82, 2.24) is 0 Å². The molecule has 176 valence electrons. The molecule has 2 saturated carbocycles. The van der Waals surface area contributed by atoms with E-state index < -0.39 is 29.5 Å². The number of aryl methyl sites for hydroxylation is 2. The smallest absolute Gasteiger partial charge is 0.418 e. The molecule has 2 aliphatic rings. The Morgan fingerprint density at radius 2 is 1.79 bits per heavy atom. The van der Waals surface area contributed by atoms with Gasteiger partial charge in [0.2, 0.25) is 0 Å². The number of ether oxygens (including phenoxy) is 1. The van der Waals surface area contributed by atoms with Gasteiger partial charge in [-0.1, -0.05) is 18.9 Å². The lowest BCUT2D eigenvalue weighted by atomic mass is 10.00. The third-order valence-electron chi connectivity index (χ3n) is 6.36. The van der Waals surface area contributed by atoms with Crippen LogP contribution in [0.1, 0.15) is 64.2 Å². The van der Waals surface area contributed by atoms with E-state index in [2.05, 4.69) is 5.32 Å². The number of amides is 1. The number of aliphatic carboxylic acids is 1. The monoisotopic (exact) mass is 461 g/mol. The Bertz CT molecular complexity index is 1070. The van der Waals surface area contributed by atoms with Gasteiger partial charge >= 0.3 is 12.1 Å². The first-order chi connectivity index (χ1) is 15.5. The van der Waals surface area contributed by atoms with E-state index in [-0.39, 0.29) is 17.2 Å². The van der Waals surface area contributed by atoms with Gasteiger partial charge in [0.15, 0.2) is 0 Å². The molecule has 33 heavy (non-hydrogen) atoms. The van der Waals surface area contributed by atoms with Crippen molar-refractivity contribution in [1.29, 1.82) is 0 Å². The van der Waals surface area contributed by atoms with Crippen LogP contribution < -0.4 is 10.1 Å². The summed E-state index contributed by atoms with van der Waals surface area (Å²) < 4.78 is 46.5. The minimum atomic E-state index is -4.67. The standard InChI is InChI=1S/C25H26F3NO4/c1-13-9-17(33-8-7-15-3-4-15)10-14(2)22(13)23(30)29-21-11-16(18-12-19(18)24(31)32)5-6-20(21)25(26,27)28/h5-6,9-11,15,18-19H,3-4,7-8,12H2,1-2H3,(H,29,30)(H,31,32)/t18-,19-/m1/s1. The van der Waals surface area contributed by atoms with Gasteiger partial charge in [0.05, 0.1) is 23.8 Å². The third-order valence-corrected chi connectivity index (χ3v) is 6.36. The van der Waals surface area contributed by atoms with Crippen molar-refractivity contribution in [3.63, 3.8) is 0 Å². The molecular formula is C25H26F3NO4. The summed E-state index contributed by atoms with van der Waals surface area (Å²) in [6.45, 7) is 4.03. The highest BCUT2D eigenvalue weighted by Crippen LogP contribution is 2.49. The van der Waals surface area contributed by atoms with Gasteiger partial charge in [-0.15, -0.1) is 0 Å². The molecule has 4 rings (SSSR count). The van der Waals surface area contributed by atoms with Gasteiger partial charge in [0.1, 0.15) is 5.75 Å². The zero-order chi connectivity index (χ0) is 23.9. The Hall–Kier alpha value is -3.03. The number of hydrogen-bond acceptors (Lipinski definition) is 3. The van der Waals surface area contributed by atoms with Gasteiger partial charge in [-0.2, -0.15) is 13.2 Å². The number of rotatable bonds is 8. The van der Waals surface area contributed by atoms with Crippen LogP contribution in [0, 0.1) is 25.7 Å². The van der Waals surface area contributed by atoms with E-state index in [0.717, 1.165) is 18.4 Å². The summed E-state index contributed by atoms with van der Waals surface area (Å²) >= 11 is 0. The third kappa shape index (κ3) is 5.31. The molecule has 0 aromatic heterocycles. The minimum Gasteiger partial charge on any atom is -0.494 e. The Morgan fingerprint density at radius 3 is 2.33 bits per heavy atom. The molecule has 1 amide bonds. The number of benzene rings is 2. The van der Waals surface area contributed by atoms with Crippen molar-refractivity contribution in [2.45, 2.75) is 51.6 Å². The maximum Gasteiger partial charge on any atom is 0.418 e. The molecule has 0 unspecified atom stereocenters. The SMILES string of the molecule is Cc1cc(OCCC2CC2)cc(C)c1C(=O)Nc1cc([C@H]2C[C@H]2C(=O)O)ccc1C(F)(F)F. The number of alkyl halides is 3. The molecule has 2 aliphatic carbocycles. The molecule has 0 heterocycles. The van der Waals surface area contributed by atoms with E-state index in [4.69, 9.17) is 9.84 Å². The maximum atomic E-state index is 13.6. The highest BCUT2D eigenvalue weighted by molar-refractivity contribution is 6.07. The highest BCUT2D eigenvalue weighted by atomic mass is 19.4. The van der Waals surface area contributed by atoms with Crippen LogP contribution in [0.4, 0.5) is 18.9 Å². The normalized spacial score (nSPS) is 19.8. The van der Waals surface area contributed by atoms with Crippen molar-refractivity contribution in [3.05, 3.63) is 58.1 Å². The second-order valence-corrected chi connectivity index (χ2v) is 9.06. The zero-order valence-electron chi connectivity index (χ0n) is 18.5. The van der Waals surface area contributed by atoms with Crippen LogP contribution >= 0.6 is 0 Å². The molecule has 2 fully saturated rings. The van der Waals surface area contributed by atoms with Gasteiger partial charge in [-0.3, -0.25) is 9.59 Å². The van der Waals surface area contributed by atoms with Crippen molar-refractivity contribution in [2.75, 3.05) is 11.9 Å². The summed E-state index contributed by atoms with van der Waals surface area (Å²) in [5.74, 6) is -1.22. The van der Waals surface area contributed by atoms with Crippen LogP contribution in [0.3, 0.4) is 0 Å². The van der Waals surface area contributed by atoms with Crippen LogP contribution in [0.15, 0.2) is 30.3 Å². The summed E-state index contributed by atoms with van der Waals surface area (Å²) in [6.07, 6.45) is -0.839. The van der Waals surface area contributed by atoms with Crippen LogP contribution in [0.5, 0.6) is 5.75 Å². The Morgan fingerprint density at radius 1 is 1.12 bits per heavy atom. The lowest BCUT2D eigenvalue weighted by Crippen LogP contribution is -2.19. The van der Waals surface area contributed by atoms with Gasteiger partial charge in [-0.25, -0.2) is 0 Å². The largest absolute Gasteiger partial charge is 0.494 e. The number of halogens is 3. The molecule has 8 heteroatoms. The lowest BCUT2D eigenvalue weighted by molar-refractivity contribution is -0.139. The average Bonchev–Trinajstić information content (AvgIpc) is 3.60. The van der Waals surface area contributed by atoms with Crippen molar-refractivity contribution in [2.24, 2.45) is 11.8 Å². The fourth-order valence-corrected chi connectivity index (χ4v) is 4.28. The quantitative estimate of drug-likeness (QED) is 0.510. The molecule has 2 aromatic rings. The molecule has 0 saturated heterocycles. The van der Waals surface area contributed by atoms with Gasteiger partial charge in [-0.05, 0) is 79.5 Å². The van der Waals surface area contributed by atoms with Crippen LogP contribution in [0.25, 0.3) is 0 Å². The first kappa shape index (κ1) is 23.1. The average molecular weight is 461 g/mol. The predicted octanol–water partition coefficient (Wildman–Crippen LogP) is 5.94. The molecular weight excluding hydrogens is 435 g/mol. The summed E-state index contributed by atoms with van der Waals surface area (Å²) in [7, 11) is 0. The Kier molecular flexibility index (Phi) is 6.12. The van der Waals surface area contributed by atoms with Gasteiger partial charge < -0.3 is 15.2 Å². The van der Waals surface area contributed by atoms with Gasteiger partial charge in [0, 0.05) is 5.56 Å². The molecule has 5 nitrogen and oxygen atoms in total. The number of carbonyl (C=O) groups is 2. The van der Waals surface area contributed by atoms with E-state index >= 15 is 0 Å². The number of carbonyl (C=O) groups excluding carboxylic acids is 1. The van der Waals surface area contributed by atoms with Crippen molar-refractivity contribution in [3.8, 4) is 5.75 Å². The lowest BCUT2D eigenvalue weighted by Gasteiger charge is -2.17. The number of carboxylic acid groups (broad SMARTS) is 1. The highest BCUT2D eigenvalue weighted by Gasteiger charge is 2.45. The van der Waals surface area contributed by atoms with Crippen LogP contribution in [0.2, 0.25) is 0 Å². The molecule has 0 radical (unpaired) electrons. The summed E-state index contributed by atoms with van der Waals surface area (Å²) in [4.78, 5) is 24.2. The second-order valence-electron chi connectivity index (χ2n) is 9.06. The number of nitrogens with one attached hydrogen (secondary N) is 1. The Labute approximate surface area is 189 Å². The topological polar surface area (TPSA) is 75.6 Å². The zero-order valence-corrected chi connectivity index (χ0v) is 18.5. The molecule has 2 atom stereocenters. The second kappa shape index (κ2) is 8.72. The van der Waals surface area contributed by atoms with Gasteiger partial charge in [0.25, 0.3) is 5.91 Å². The fourth-order valence-electron chi connectivity index (χ4n) is 4.28. The summed E-state index contributed by atoms with van der Waals surface area (Å²) in [5, 5.41) is 11.6.